The molecule has 0 bridgehead atoms. The largest absolute Gasteiger partial charge is 0.490 e. The Morgan fingerprint density at radius 1 is 1.59 bits per heavy atom. The molecule has 4 heteroatoms. The van der Waals surface area contributed by atoms with Crippen molar-refractivity contribution in [2.75, 3.05) is 13.7 Å². The first-order valence-corrected chi connectivity index (χ1v) is 6.20. The van der Waals surface area contributed by atoms with E-state index in [4.69, 9.17) is 26.8 Å². The lowest BCUT2D eigenvalue weighted by Gasteiger charge is -2.33. The van der Waals surface area contributed by atoms with Crippen LogP contribution in [-0.4, -0.2) is 19.8 Å². The summed E-state index contributed by atoms with van der Waals surface area (Å²) in [5, 5.41) is 0.700. The fraction of sp³-hybridized carbons (Fsp3) is 0.538. The van der Waals surface area contributed by atoms with Gasteiger partial charge in [0.15, 0.2) is 0 Å². The third kappa shape index (κ3) is 2.73. The maximum absolute atomic E-state index is 6.16. The van der Waals surface area contributed by atoms with E-state index in [2.05, 4.69) is 6.92 Å². The number of rotatable bonds is 3. The zero-order valence-corrected chi connectivity index (χ0v) is 10.9. The van der Waals surface area contributed by atoms with Crippen LogP contribution in [0.2, 0.25) is 5.02 Å². The second kappa shape index (κ2) is 5.25. The Balaban J connectivity index is 2.18. The van der Waals surface area contributed by atoms with Crippen LogP contribution in [0.5, 0.6) is 5.75 Å². The van der Waals surface area contributed by atoms with E-state index >= 15 is 0 Å². The Kier molecular flexibility index (Phi) is 3.92. The third-order valence-electron chi connectivity index (χ3n) is 3.20. The van der Waals surface area contributed by atoms with Crippen molar-refractivity contribution in [3.05, 3.63) is 28.8 Å². The van der Waals surface area contributed by atoms with Crippen LogP contribution in [0.1, 0.15) is 24.9 Å². The second-order valence-corrected chi connectivity index (χ2v) is 5.05. The molecule has 3 unspecified atom stereocenters. The number of ether oxygens (including phenoxy) is 2. The smallest absolute Gasteiger partial charge is 0.124 e. The average molecular weight is 256 g/mol. The summed E-state index contributed by atoms with van der Waals surface area (Å²) in [6.45, 7) is 2.79. The van der Waals surface area contributed by atoms with Gasteiger partial charge in [-0.15, -0.1) is 0 Å². The number of methoxy groups -OCH3 is 1. The van der Waals surface area contributed by atoms with E-state index in [-0.39, 0.29) is 12.1 Å². The van der Waals surface area contributed by atoms with Crippen molar-refractivity contribution < 1.29 is 9.47 Å². The Labute approximate surface area is 107 Å². The van der Waals surface area contributed by atoms with Gasteiger partial charge in [0.25, 0.3) is 0 Å². The Hall–Kier alpha value is -0.770. The summed E-state index contributed by atoms with van der Waals surface area (Å²) in [6, 6.07) is 5.60. The fourth-order valence-electron chi connectivity index (χ4n) is 2.22. The summed E-state index contributed by atoms with van der Waals surface area (Å²) in [7, 11) is 1.70. The molecule has 0 spiro atoms. The summed E-state index contributed by atoms with van der Waals surface area (Å²) in [4.78, 5) is 0. The van der Waals surface area contributed by atoms with E-state index in [9.17, 15) is 0 Å². The fourth-order valence-corrected chi connectivity index (χ4v) is 2.40. The Bertz CT molecular complexity index is 397. The van der Waals surface area contributed by atoms with Crippen molar-refractivity contribution in [1.82, 2.24) is 0 Å². The number of benzene rings is 1. The van der Waals surface area contributed by atoms with Gasteiger partial charge < -0.3 is 15.2 Å². The van der Waals surface area contributed by atoms with Crippen molar-refractivity contribution >= 4 is 11.6 Å². The van der Waals surface area contributed by atoms with Gasteiger partial charge in [-0.2, -0.15) is 0 Å². The zero-order chi connectivity index (χ0) is 12.4. The molecule has 1 aliphatic heterocycles. The first-order valence-electron chi connectivity index (χ1n) is 5.82. The van der Waals surface area contributed by atoms with Gasteiger partial charge in [0.1, 0.15) is 11.9 Å². The van der Waals surface area contributed by atoms with Crippen molar-refractivity contribution in [2.45, 2.75) is 25.5 Å². The van der Waals surface area contributed by atoms with Crippen LogP contribution < -0.4 is 10.5 Å². The van der Waals surface area contributed by atoms with Gasteiger partial charge >= 0.3 is 0 Å². The molecule has 0 radical (unpaired) electrons. The highest BCUT2D eigenvalue weighted by atomic mass is 35.5. The van der Waals surface area contributed by atoms with Gasteiger partial charge in [0.2, 0.25) is 0 Å². The molecular formula is C13H18ClNO2. The van der Waals surface area contributed by atoms with Gasteiger partial charge in [-0.3, -0.25) is 0 Å². The molecule has 1 aliphatic rings. The van der Waals surface area contributed by atoms with Crippen LogP contribution in [0.4, 0.5) is 0 Å². The van der Waals surface area contributed by atoms with Crippen LogP contribution in [0.15, 0.2) is 18.2 Å². The molecule has 1 aromatic carbocycles. The number of fused-ring (bicyclic) bond motifs is 1. The van der Waals surface area contributed by atoms with Gasteiger partial charge in [0.05, 0.1) is 6.61 Å². The van der Waals surface area contributed by atoms with E-state index in [0.29, 0.717) is 17.5 Å². The zero-order valence-electron chi connectivity index (χ0n) is 10.2. The van der Waals surface area contributed by atoms with Crippen molar-refractivity contribution in [3.8, 4) is 5.75 Å². The molecule has 94 valence electrons. The van der Waals surface area contributed by atoms with Crippen molar-refractivity contribution in [1.29, 1.82) is 0 Å². The number of hydrogen-bond acceptors (Lipinski definition) is 3. The normalized spacial score (nSPS) is 24.9. The molecule has 3 nitrogen and oxygen atoms in total. The molecule has 1 aromatic rings. The predicted octanol–water partition coefficient (Wildman–Crippen LogP) is 2.77. The van der Waals surface area contributed by atoms with Crippen LogP contribution in [-0.2, 0) is 4.74 Å². The number of halogens is 1. The first-order chi connectivity index (χ1) is 8.11. The third-order valence-corrected chi connectivity index (χ3v) is 3.44. The predicted molar refractivity (Wildman–Crippen MR) is 68.5 cm³/mol. The van der Waals surface area contributed by atoms with E-state index in [1.165, 1.54) is 0 Å². The molecular weight excluding hydrogens is 238 g/mol. The lowest BCUT2D eigenvalue weighted by Crippen LogP contribution is -2.35. The lowest BCUT2D eigenvalue weighted by molar-refractivity contribution is 0.0538. The monoisotopic (exact) mass is 255 g/mol. The SMILES string of the molecule is COCC(C)C1CC(N)c2cc(Cl)ccc2O1. The molecule has 0 saturated carbocycles. The molecule has 17 heavy (non-hydrogen) atoms. The summed E-state index contributed by atoms with van der Waals surface area (Å²) in [5.74, 6) is 1.18. The molecule has 0 aromatic heterocycles. The van der Waals surface area contributed by atoms with E-state index in [1.54, 1.807) is 7.11 Å². The highest BCUT2D eigenvalue weighted by Gasteiger charge is 2.29. The van der Waals surface area contributed by atoms with Crippen molar-refractivity contribution in [3.63, 3.8) is 0 Å². The quantitative estimate of drug-likeness (QED) is 0.903. The standard InChI is InChI=1S/C13H18ClNO2/c1-8(7-16-2)13-6-11(15)10-5-9(14)3-4-12(10)17-13/h3-5,8,11,13H,6-7,15H2,1-2H3. The first kappa shape index (κ1) is 12.7. The Morgan fingerprint density at radius 3 is 3.06 bits per heavy atom. The molecule has 2 rings (SSSR count). The summed E-state index contributed by atoms with van der Waals surface area (Å²) < 4.78 is 11.1. The van der Waals surface area contributed by atoms with Crippen LogP contribution in [0, 0.1) is 5.92 Å². The van der Waals surface area contributed by atoms with Crippen LogP contribution >= 0.6 is 11.6 Å². The van der Waals surface area contributed by atoms with Crippen LogP contribution in [0.3, 0.4) is 0 Å². The minimum Gasteiger partial charge on any atom is -0.490 e. The average Bonchev–Trinajstić information content (AvgIpc) is 2.30. The molecule has 3 atom stereocenters. The van der Waals surface area contributed by atoms with Gasteiger partial charge in [-0.25, -0.2) is 0 Å². The molecule has 0 fully saturated rings. The highest BCUT2D eigenvalue weighted by Crippen LogP contribution is 2.37. The molecule has 2 N–H and O–H groups in total. The topological polar surface area (TPSA) is 44.5 Å². The van der Waals surface area contributed by atoms with Crippen LogP contribution in [0.25, 0.3) is 0 Å². The molecule has 0 amide bonds. The maximum atomic E-state index is 6.16. The molecule has 1 heterocycles. The minimum atomic E-state index is -0.0123. The van der Waals surface area contributed by atoms with E-state index < -0.39 is 0 Å². The summed E-state index contributed by atoms with van der Waals surface area (Å²) >= 11 is 5.96. The van der Waals surface area contributed by atoms with Gasteiger partial charge in [0, 0.05) is 36.1 Å². The molecule has 0 aliphatic carbocycles. The second-order valence-electron chi connectivity index (χ2n) is 4.61. The number of hydrogen-bond donors (Lipinski definition) is 1. The number of nitrogens with two attached hydrogens (primary N) is 1. The Morgan fingerprint density at radius 2 is 2.35 bits per heavy atom. The molecule has 0 saturated heterocycles. The van der Waals surface area contributed by atoms with Gasteiger partial charge in [-0.1, -0.05) is 18.5 Å². The highest BCUT2D eigenvalue weighted by molar-refractivity contribution is 6.30. The lowest BCUT2D eigenvalue weighted by atomic mass is 9.91. The minimum absolute atomic E-state index is 0.0123. The van der Waals surface area contributed by atoms with Gasteiger partial charge in [-0.05, 0) is 18.2 Å². The maximum Gasteiger partial charge on any atom is 0.124 e. The van der Waals surface area contributed by atoms with E-state index in [0.717, 1.165) is 17.7 Å². The van der Waals surface area contributed by atoms with Crippen molar-refractivity contribution in [2.24, 2.45) is 11.7 Å². The summed E-state index contributed by atoms with van der Waals surface area (Å²) in [6.07, 6.45) is 0.913. The summed E-state index contributed by atoms with van der Waals surface area (Å²) in [5.41, 5.74) is 7.16. The van der Waals surface area contributed by atoms with E-state index in [1.807, 2.05) is 18.2 Å².